The average molecular weight is 382 g/mol. The van der Waals surface area contributed by atoms with E-state index in [0.717, 1.165) is 30.5 Å². The fraction of sp³-hybridized carbons (Fsp3) is 0.450. The number of nitrogens with two attached hydrogens (primary N) is 1. The first kappa shape index (κ1) is 18.6. The normalized spacial score (nSPS) is 20.5. The molecule has 0 aliphatic heterocycles. The van der Waals surface area contributed by atoms with Crippen LogP contribution in [-0.2, 0) is 11.3 Å². The van der Waals surface area contributed by atoms with Crippen molar-refractivity contribution in [1.29, 1.82) is 0 Å². The molecule has 4 rings (SSSR count). The topological polar surface area (TPSA) is 111 Å². The lowest BCUT2D eigenvalue weighted by Crippen LogP contribution is -2.15. The summed E-state index contributed by atoms with van der Waals surface area (Å²) < 4.78 is 7.05. The van der Waals surface area contributed by atoms with Gasteiger partial charge in [0.25, 0.3) is 0 Å². The standard InChI is InChI=1S/C20H26N6O2/c1-12-4-3-5-15(12)26-19-16(18(21)22-11-23-19)17(25-26)20(27)24-14-8-6-13(7-9-14)10-28-2/h6-9,11-12,15,20,24,27H,3-5,10H2,1-2H3,(H2,21,22,23)/t12-,15+,20?/m0/s1. The molecular weight excluding hydrogens is 356 g/mol. The number of aliphatic hydroxyl groups is 1. The molecule has 1 aliphatic rings. The predicted octanol–water partition coefficient (Wildman–Crippen LogP) is 3.02. The minimum absolute atomic E-state index is 0.256. The second-order valence-corrected chi connectivity index (χ2v) is 7.44. The van der Waals surface area contributed by atoms with Gasteiger partial charge in [0.05, 0.1) is 18.0 Å². The molecule has 3 aromatic rings. The highest BCUT2D eigenvalue weighted by atomic mass is 16.5. The van der Waals surface area contributed by atoms with Crippen LogP contribution in [0.25, 0.3) is 11.0 Å². The van der Waals surface area contributed by atoms with Gasteiger partial charge in [-0.05, 0) is 36.5 Å². The van der Waals surface area contributed by atoms with Gasteiger partial charge in [-0.2, -0.15) is 5.10 Å². The Labute approximate surface area is 163 Å². The zero-order valence-corrected chi connectivity index (χ0v) is 16.2. The van der Waals surface area contributed by atoms with Crippen molar-refractivity contribution >= 4 is 22.5 Å². The van der Waals surface area contributed by atoms with Gasteiger partial charge in [-0.25, -0.2) is 14.6 Å². The lowest BCUT2D eigenvalue weighted by Gasteiger charge is -2.16. The summed E-state index contributed by atoms with van der Waals surface area (Å²) in [6, 6.07) is 7.96. The molecule has 8 nitrogen and oxygen atoms in total. The Morgan fingerprint density at radius 1 is 1.29 bits per heavy atom. The Morgan fingerprint density at radius 3 is 2.75 bits per heavy atom. The third kappa shape index (κ3) is 3.41. The van der Waals surface area contributed by atoms with Crippen molar-refractivity contribution in [2.45, 2.75) is 45.1 Å². The molecule has 1 aliphatic carbocycles. The molecule has 0 saturated heterocycles. The van der Waals surface area contributed by atoms with E-state index in [4.69, 9.17) is 15.6 Å². The second kappa shape index (κ2) is 7.73. The minimum atomic E-state index is -1.03. The number of ether oxygens (including phenoxy) is 1. The Kier molecular flexibility index (Phi) is 5.15. The first-order valence-corrected chi connectivity index (χ1v) is 9.59. The first-order valence-electron chi connectivity index (χ1n) is 9.59. The van der Waals surface area contributed by atoms with Gasteiger partial charge in [-0.3, -0.25) is 0 Å². The number of nitrogens with one attached hydrogen (secondary N) is 1. The summed E-state index contributed by atoms with van der Waals surface area (Å²) >= 11 is 0. The van der Waals surface area contributed by atoms with Gasteiger partial charge < -0.3 is 20.9 Å². The van der Waals surface area contributed by atoms with Gasteiger partial charge in [-0.15, -0.1) is 0 Å². The number of nitrogens with zero attached hydrogens (tertiary/aromatic N) is 4. The molecule has 1 aromatic carbocycles. The first-order chi connectivity index (χ1) is 13.6. The van der Waals surface area contributed by atoms with E-state index >= 15 is 0 Å². The van der Waals surface area contributed by atoms with E-state index in [0.29, 0.717) is 35.1 Å². The van der Waals surface area contributed by atoms with E-state index in [9.17, 15) is 5.11 Å². The molecule has 0 bridgehead atoms. The highest BCUT2D eigenvalue weighted by Crippen LogP contribution is 2.38. The summed E-state index contributed by atoms with van der Waals surface area (Å²) in [4.78, 5) is 8.53. The zero-order chi connectivity index (χ0) is 19.7. The third-order valence-corrected chi connectivity index (χ3v) is 5.50. The summed E-state index contributed by atoms with van der Waals surface area (Å²) in [6.45, 7) is 2.77. The molecule has 28 heavy (non-hydrogen) atoms. The van der Waals surface area contributed by atoms with E-state index in [1.165, 1.54) is 6.33 Å². The Bertz CT molecular complexity index is 955. The fourth-order valence-corrected chi connectivity index (χ4v) is 4.02. The van der Waals surface area contributed by atoms with Gasteiger partial charge in [0, 0.05) is 12.8 Å². The van der Waals surface area contributed by atoms with E-state index in [2.05, 4.69) is 22.2 Å². The molecule has 3 atom stereocenters. The van der Waals surface area contributed by atoms with Crippen molar-refractivity contribution < 1.29 is 9.84 Å². The molecule has 1 saturated carbocycles. The van der Waals surface area contributed by atoms with Crippen LogP contribution < -0.4 is 11.1 Å². The SMILES string of the molecule is COCc1ccc(NC(O)c2nn([C@@H]3CCC[C@@H]3C)c3ncnc(N)c23)cc1. The molecule has 0 spiro atoms. The number of fused-ring (bicyclic) bond motifs is 1. The van der Waals surface area contributed by atoms with Crippen molar-refractivity contribution in [3.8, 4) is 0 Å². The number of rotatable bonds is 6. The van der Waals surface area contributed by atoms with Crippen molar-refractivity contribution in [3.63, 3.8) is 0 Å². The highest BCUT2D eigenvalue weighted by molar-refractivity contribution is 5.88. The van der Waals surface area contributed by atoms with Crippen LogP contribution in [0.1, 0.15) is 49.7 Å². The maximum atomic E-state index is 10.9. The Morgan fingerprint density at radius 2 is 2.07 bits per heavy atom. The van der Waals surface area contributed by atoms with Crippen LogP contribution in [0.2, 0.25) is 0 Å². The van der Waals surface area contributed by atoms with E-state index in [-0.39, 0.29) is 6.04 Å². The molecule has 2 aromatic heterocycles. The minimum Gasteiger partial charge on any atom is -0.383 e. The quantitative estimate of drug-likeness (QED) is 0.562. The number of methoxy groups -OCH3 is 1. The lowest BCUT2D eigenvalue weighted by atomic mass is 10.1. The van der Waals surface area contributed by atoms with Gasteiger partial charge in [-0.1, -0.05) is 25.5 Å². The summed E-state index contributed by atoms with van der Waals surface area (Å²) in [5.41, 5.74) is 9.10. The van der Waals surface area contributed by atoms with Gasteiger partial charge in [0.2, 0.25) is 0 Å². The van der Waals surface area contributed by atoms with Crippen molar-refractivity contribution in [2.24, 2.45) is 5.92 Å². The van der Waals surface area contributed by atoms with Crippen LogP contribution in [-0.4, -0.2) is 32.0 Å². The molecule has 148 valence electrons. The van der Waals surface area contributed by atoms with Crippen LogP contribution in [0, 0.1) is 5.92 Å². The van der Waals surface area contributed by atoms with E-state index in [1.807, 2.05) is 28.9 Å². The lowest BCUT2D eigenvalue weighted by molar-refractivity contribution is 0.185. The average Bonchev–Trinajstić information content (AvgIpc) is 3.28. The number of aromatic nitrogens is 4. The summed E-state index contributed by atoms with van der Waals surface area (Å²) in [6.07, 6.45) is 3.80. The van der Waals surface area contributed by atoms with Gasteiger partial charge in [0.1, 0.15) is 17.8 Å². The number of hydrogen-bond donors (Lipinski definition) is 3. The summed E-state index contributed by atoms with van der Waals surface area (Å²) in [7, 11) is 1.66. The van der Waals surface area contributed by atoms with Crippen LogP contribution in [0.4, 0.5) is 11.5 Å². The molecule has 2 heterocycles. The van der Waals surface area contributed by atoms with Crippen LogP contribution in [0.5, 0.6) is 0 Å². The molecule has 0 radical (unpaired) electrons. The third-order valence-electron chi connectivity index (χ3n) is 5.50. The smallest absolute Gasteiger partial charge is 0.170 e. The molecule has 0 amide bonds. The largest absolute Gasteiger partial charge is 0.383 e. The van der Waals surface area contributed by atoms with Crippen molar-refractivity contribution in [3.05, 3.63) is 41.9 Å². The van der Waals surface area contributed by atoms with Crippen LogP contribution in [0.15, 0.2) is 30.6 Å². The van der Waals surface area contributed by atoms with E-state index in [1.54, 1.807) is 7.11 Å². The number of hydrogen-bond acceptors (Lipinski definition) is 7. The van der Waals surface area contributed by atoms with E-state index < -0.39 is 6.23 Å². The molecule has 1 fully saturated rings. The fourth-order valence-electron chi connectivity index (χ4n) is 4.02. The Hall–Kier alpha value is -2.71. The highest BCUT2D eigenvalue weighted by Gasteiger charge is 2.30. The van der Waals surface area contributed by atoms with Crippen LogP contribution in [0.3, 0.4) is 0 Å². The summed E-state index contributed by atoms with van der Waals surface area (Å²) in [5, 5.41) is 19.3. The summed E-state index contributed by atoms with van der Waals surface area (Å²) in [5.74, 6) is 0.832. The number of anilines is 2. The van der Waals surface area contributed by atoms with Gasteiger partial charge in [0.15, 0.2) is 11.9 Å². The molecular formula is C20H26N6O2. The number of benzene rings is 1. The number of aliphatic hydroxyl groups excluding tert-OH is 1. The molecule has 1 unspecified atom stereocenters. The van der Waals surface area contributed by atoms with Crippen LogP contribution >= 0.6 is 0 Å². The Balaban J connectivity index is 1.67. The van der Waals surface area contributed by atoms with Crippen molar-refractivity contribution in [1.82, 2.24) is 19.7 Å². The number of nitrogen functional groups attached to an aromatic ring is 1. The van der Waals surface area contributed by atoms with Gasteiger partial charge >= 0.3 is 0 Å². The predicted molar refractivity (Wildman–Crippen MR) is 108 cm³/mol. The second-order valence-electron chi connectivity index (χ2n) is 7.44. The molecule has 8 heteroatoms. The maximum Gasteiger partial charge on any atom is 0.170 e. The van der Waals surface area contributed by atoms with Crippen molar-refractivity contribution in [2.75, 3.05) is 18.2 Å². The molecule has 4 N–H and O–H groups in total. The maximum absolute atomic E-state index is 10.9. The zero-order valence-electron chi connectivity index (χ0n) is 16.2. The monoisotopic (exact) mass is 382 g/mol.